The highest BCUT2D eigenvalue weighted by atomic mass is 32.2. The molecule has 0 N–H and O–H groups in total. The van der Waals surface area contributed by atoms with Gasteiger partial charge in [0.2, 0.25) is 11.7 Å². The van der Waals surface area contributed by atoms with Crippen molar-refractivity contribution in [1.82, 2.24) is 15.0 Å². The van der Waals surface area contributed by atoms with Gasteiger partial charge in [-0.3, -0.25) is 4.79 Å². The Hall–Kier alpha value is -2.60. The van der Waals surface area contributed by atoms with Crippen molar-refractivity contribution >= 4 is 17.7 Å². The van der Waals surface area contributed by atoms with Crippen LogP contribution < -0.4 is 0 Å². The molecule has 2 aromatic carbocycles. The topological polar surface area (TPSA) is 59.2 Å². The fourth-order valence-electron chi connectivity index (χ4n) is 2.33. The molecule has 0 bridgehead atoms. The molecule has 5 nitrogen and oxygen atoms in total. The van der Waals surface area contributed by atoms with Gasteiger partial charge in [0.05, 0.1) is 12.1 Å². The van der Waals surface area contributed by atoms with Gasteiger partial charge in [0.25, 0.3) is 5.91 Å². The van der Waals surface area contributed by atoms with Crippen molar-refractivity contribution in [3.8, 4) is 11.4 Å². The second kappa shape index (κ2) is 7.31. The summed E-state index contributed by atoms with van der Waals surface area (Å²) in [5.74, 6) is 0.863. The third kappa shape index (κ3) is 3.49. The molecule has 0 unspecified atom stereocenters. The zero-order valence-corrected chi connectivity index (χ0v) is 14.3. The number of hydrogen-bond acceptors (Lipinski definition) is 5. The van der Waals surface area contributed by atoms with Crippen molar-refractivity contribution in [2.24, 2.45) is 0 Å². The Labute approximate surface area is 144 Å². The molecule has 0 fully saturated rings. The first-order chi connectivity index (χ1) is 11.7. The Kier molecular flexibility index (Phi) is 4.96. The largest absolute Gasteiger partial charge is 0.337 e. The van der Waals surface area contributed by atoms with Gasteiger partial charge in [0.15, 0.2) is 0 Å². The molecule has 122 valence electrons. The van der Waals surface area contributed by atoms with Crippen LogP contribution in [0, 0.1) is 0 Å². The van der Waals surface area contributed by atoms with Crippen LogP contribution in [0.15, 0.2) is 64.0 Å². The van der Waals surface area contributed by atoms with Crippen molar-refractivity contribution in [2.45, 2.75) is 11.4 Å². The van der Waals surface area contributed by atoms with E-state index in [1.807, 2.05) is 60.9 Å². The number of rotatable bonds is 5. The average Bonchev–Trinajstić information content (AvgIpc) is 3.10. The molecule has 0 aliphatic carbocycles. The molecule has 1 heterocycles. The van der Waals surface area contributed by atoms with Crippen LogP contribution in [0.5, 0.6) is 0 Å². The van der Waals surface area contributed by atoms with E-state index >= 15 is 0 Å². The summed E-state index contributed by atoms with van der Waals surface area (Å²) in [6.07, 6.45) is 1.95. The summed E-state index contributed by atoms with van der Waals surface area (Å²) in [4.78, 5) is 19.5. The van der Waals surface area contributed by atoms with Gasteiger partial charge < -0.3 is 9.42 Å². The number of nitrogens with zero attached hydrogens (tertiary/aromatic N) is 3. The minimum atomic E-state index is -0.0700. The maximum atomic E-state index is 12.6. The second-order valence-electron chi connectivity index (χ2n) is 5.24. The van der Waals surface area contributed by atoms with Crippen molar-refractivity contribution in [2.75, 3.05) is 13.3 Å². The normalized spacial score (nSPS) is 10.6. The van der Waals surface area contributed by atoms with E-state index in [-0.39, 0.29) is 12.5 Å². The quantitative estimate of drug-likeness (QED) is 0.663. The molecule has 3 aromatic rings. The van der Waals surface area contributed by atoms with E-state index in [4.69, 9.17) is 4.52 Å². The highest BCUT2D eigenvalue weighted by molar-refractivity contribution is 7.98. The van der Waals surface area contributed by atoms with Gasteiger partial charge in [-0.15, -0.1) is 11.8 Å². The first-order valence-electron chi connectivity index (χ1n) is 7.45. The van der Waals surface area contributed by atoms with Crippen molar-refractivity contribution in [3.05, 3.63) is 66.1 Å². The Morgan fingerprint density at radius 1 is 1.12 bits per heavy atom. The molecular weight excluding hydrogens is 322 g/mol. The molecule has 0 atom stereocenters. The van der Waals surface area contributed by atoms with Crippen LogP contribution in [0.2, 0.25) is 0 Å². The predicted octanol–water partition coefficient (Wildman–Crippen LogP) is 3.73. The number of amides is 1. The van der Waals surface area contributed by atoms with Gasteiger partial charge >= 0.3 is 0 Å². The molecular formula is C18H17N3O2S. The number of aromatic nitrogens is 2. The SMILES string of the molecule is CSc1ccccc1C(=O)N(C)Cc1nc(-c2ccccc2)no1. The molecule has 0 saturated heterocycles. The molecule has 0 radical (unpaired) electrons. The van der Waals surface area contributed by atoms with Gasteiger partial charge in [-0.05, 0) is 18.4 Å². The Bertz CT molecular complexity index is 833. The van der Waals surface area contributed by atoms with Crippen LogP contribution in [0.4, 0.5) is 0 Å². The van der Waals surface area contributed by atoms with Crippen molar-refractivity contribution in [1.29, 1.82) is 0 Å². The molecule has 0 saturated carbocycles. The van der Waals surface area contributed by atoms with E-state index < -0.39 is 0 Å². The zero-order chi connectivity index (χ0) is 16.9. The molecule has 1 amide bonds. The number of benzene rings is 2. The monoisotopic (exact) mass is 339 g/mol. The Balaban J connectivity index is 1.74. The smallest absolute Gasteiger partial charge is 0.255 e. The minimum Gasteiger partial charge on any atom is -0.337 e. The summed E-state index contributed by atoms with van der Waals surface area (Å²) in [7, 11) is 1.73. The van der Waals surface area contributed by atoms with Gasteiger partial charge in [-0.2, -0.15) is 4.98 Å². The third-order valence-corrected chi connectivity index (χ3v) is 4.35. The summed E-state index contributed by atoms with van der Waals surface area (Å²) in [5, 5.41) is 3.98. The van der Waals surface area contributed by atoms with Crippen molar-refractivity contribution < 1.29 is 9.32 Å². The number of hydrogen-bond donors (Lipinski definition) is 0. The second-order valence-corrected chi connectivity index (χ2v) is 6.09. The fraction of sp³-hybridized carbons (Fsp3) is 0.167. The van der Waals surface area contributed by atoms with Crippen molar-refractivity contribution in [3.63, 3.8) is 0 Å². The van der Waals surface area contributed by atoms with E-state index in [1.54, 1.807) is 23.7 Å². The lowest BCUT2D eigenvalue weighted by atomic mass is 10.2. The van der Waals surface area contributed by atoms with Gasteiger partial charge in [-0.1, -0.05) is 47.6 Å². The van der Waals surface area contributed by atoms with Gasteiger partial charge in [-0.25, -0.2) is 0 Å². The maximum absolute atomic E-state index is 12.6. The van der Waals surface area contributed by atoms with E-state index in [0.29, 0.717) is 17.3 Å². The van der Waals surface area contributed by atoms with Crippen LogP contribution in [-0.2, 0) is 6.54 Å². The van der Waals surface area contributed by atoms with Gasteiger partial charge in [0.1, 0.15) is 0 Å². The lowest BCUT2D eigenvalue weighted by molar-refractivity contribution is 0.0766. The lowest BCUT2D eigenvalue weighted by Crippen LogP contribution is -2.26. The number of thioether (sulfide) groups is 1. The highest BCUT2D eigenvalue weighted by Crippen LogP contribution is 2.22. The summed E-state index contributed by atoms with van der Waals surface area (Å²) >= 11 is 1.55. The average molecular weight is 339 g/mol. The first kappa shape index (κ1) is 16.3. The molecule has 0 spiro atoms. The van der Waals surface area contributed by atoms with E-state index in [9.17, 15) is 4.79 Å². The van der Waals surface area contributed by atoms with Crippen LogP contribution in [0.1, 0.15) is 16.2 Å². The van der Waals surface area contributed by atoms with E-state index in [2.05, 4.69) is 10.1 Å². The Morgan fingerprint density at radius 3 is 2.58 bits per heavy atom. The predicted molar refractivity (Wildman–Crippen MR) is 93.8 cm³/mol. The lowest BCUT2D eigenvalue weighted by Gasteiger charge is -2.16. The van der Waals surface area contributed by atoms with Crippen LogP contribution >= 0.6 is 11.8 Å². The standard InChI is InChI=1S/C18H17N3O2S/c1-21(18(22)14-10-6-7-11-15(14)24-2)12-16-19-17(20-23-16)13-8-4-3-5-9-13/h3-11H,12H2,1-2H3. The molecule has 0 aliphatic rings. The zero-order valence-electron chi connectivity index (χ0n) is 13.5. The number of carbonyl (C=O) groups excluding carboxylic acids is 1. The Morgan fingerprint density at radius 2 is 1.83 bits per heavy atom. The summed E-state index contributed by atoms with van der Waals surface area (Å²) < 4.78 is 5.27. The summed E-state index contributed by atoms with van der Waals surface area (Å²) in [6, 6.07) is 17.1. The van der Waals surface area contributed by atoms with Crippen LogP contribution in [0.3, 0.4) is 0 Å². The van der Waals surface area contributed by atoms with Crippen LogP contribution in [-0.4, -0.2) is 34.3 Å². The molecule has 3 rings (SSSR count). The summed E-state index contributed by atoms with van der Waals surface area (Å²) in [5.41, 5.74) is 1.56. The first-order valence-corrected chi connectivity index (χ1v) is 8.68. The van der Waals surface area contributed by atoms with Crippen LogP contribution in [0.25, 0.3) is 11.4 Å². The van der Waals surface area contributed by atoms with Gasteiger partial charge in [0, 0.05) is 17.5 Å². The highest BCUT2D eigenvalue weighted by Gasteiger charge is 2.18. The molecule has 1 aromatic heterocycles. The number of carbonyl (C=O) groups is 1. The van der Waals surface area contributed by atoms with E-state index in [0.717, 1.165) is 10.5 Å². The summed E-state index contributed by atoms with van der Waals surface area (Å²) in [6.45, 7) is 0.265. The minimum absolute atomic E-state index is 0.0700. The molecule has 6 heteroatoms. The van der Waals surface area contributed by atoms with E-state index in [1.165, 1.54) is 0 Å². The molecule has 24 heavy (non-hydrogen) atoms. The molecule has 0 aliphatic heterocycles. The maximum Gasteiger partial charge on any atom is 0.255 e. The fourth-order valence-corrected chi connectivity index (χ4v) is 2.92. The third-order valence-electron chi connectivity index (χ3n) is 3.56.